The van der Waals surface area contributed by atoms with Gasteiger partial charge < -0.3 is 19.5 Å². The third-order valence-corrected chi connectivity index (χ3v) is 15.5. The fourth-order valence-electron chi connectivity index (χ4n) is 9.40. The first kappa shape index (κ1) is 37.5. The molecule has 0 radical (unpaired) electrons. The summed E-state index contributed by atoms with van der Waals surface area (Å²) in [6, 6.07) is 5.27. The van der Waals surface area contributed by atoms with Gasteiger partial charge in [-0.15, -0.1) is 0 Å². The van der Waals surface area contributed by atoms with Crippen molar-refractivity contribution in [3.8, 4) is 17.6 Å². The number of carbonyl (C=O) groups excluding carboxylic acids is 1. The van der Waals surface area contributed by atoms with Gasteiger partial charge in [0.2, 0.25) is 10.0 Å². The molecule has 282 valence electrons. The van der Waals surface area contributed by atoms with Crippen molar-refractivity contribution in [2.24, 2.45) is 28.6 Å². The van der Waals surface area contributed by atoms with Gasteiger partial charge in [-0.2, -0.15) is 0 Å². The molecule has 7 atom stereocenters. The van der Waals surface area contributed by atoms with Gasteiger partial charge in [0, 0.05) is 66.5 Å². The standard InChI is InChI=1S/C41H54ClN3O6S/c1-29-8-6-17-41(47,16-4-5-19-44-20-22-50-23-21-44)35-12-10-32(35)26-45-27-40(15-7-9-33-25-34(42)14-18-39(33,40)3)28-51-37-13-11-31(24-36(37)45)38(46)43-52(48,49)30(29)2/h6,11,13-14,17,24-25,29-30,32,35,47H,5,7-10,12,15,18-23,26-28H2,1-3H3,(H,43,46)/b17-6+/t29-,30+,32-,35+,39?,40-,41-/m0/s1. The quantitative estimate of drug-likeness (QED) is 0.278. The zero-order valence-electron chi connectivity index (χ0n) is 30.8. The van der Waals surface area contributed by atoms with Crippen LogP contribution in [0, 0.1) is 40.4 Å². The number of carbonyl (C=O) groups is 1. The number of nitrogens with zero attached hydrogens (tertiary/aromatic N) is 2. The second kappa shape index (κ2) is 14.8. The lowest BCUT2D eigenvalue weighted by atomic mass is 9.52. The van der Waals surface area contributed by atoms with Crippen LogP contribution in [0.5, 0.6) is 5.75 Å². The summed E-state index contributed by atoms with van der Waals surface area (Å²) >= 11 is 6.56. The number of fused-ring (bicyclic) bond motifs is 4. The molecule has 6 aliphatic rings. The van der Waals surface area contributed by atoms with Crippen molar-refractivity contribution >= 4 is 33.2 Å². The SMILES string of the molecule is C[C@@H]1[C@@H](C)C/C=C/[C@@](O)(C#CCCN2CCOCC2)[C@@H]2CC[C@H]2CN2C[C@@]3(CCCC4=CC(Cl)=CCC43C)COc3ccc(cc32)C(=O)NS1(=O)=O. The number of amides is 1. The number of sulfonamides is 1. The molecule has 11 heteroatoms. The third-order valence-electron chi connectivity index (χ3n) is 13.3. The van der Waals surface area contributed by atoms with Crippen molar-refractivity contribution in [3.05, 3.63) is 58.7 Å². The highest BCUT2D eigenvalue weighted by molar-refractivity contribution is 7.90. The summed E-state index contributed by atoms with van der Waals surface area (Å²) in [6.45, 7) is 11.8. The van der Waals surface area contributed by atoms with Gasteiger partial charge in [0.1, 0.15) is 11.4 Å². The van der Waals surface area contributed by atoms with Crippen LogP contribution in [0.4, 0.5) is 5.69 Å². The zero-order chi connectivity index (χ0) is 36.7. The van der Waals surface area contributed by atoms with E-state index in [0.29, 0.717) is 38.3 Å². The van der Waals surface area contributed by atoms with E-state index in [-0.39, 0.29) is 34.1 Å². The Morgan fingerprint density at radius 2 is 1.98 bits per heavy atom. The van der Waals surface area contributed by atoms with Crippen LogP contribution < -0.4 is 14.4 Å². The minimum Gasteiger partial charge on any atom is -0.491 e. The Hall–Kier alpha value is -2.81. The van der Waals surface area contributed by atoms with E-state index < -0.39 is 26.8 Å². The van der Waals surface area contributed by atoms with Gasteiger partial charge in [-0.25, -0.2) is 13.1 Å². The number of morpholine rings is 1. The van der Waals surface area contributed by atoms with Gasteiger partial charge in [0.05, 0.1) is 30.8 Å². The summed E-state index contributed by atoms with van der Waals surface area (Å²) in [7, 11) is -4.00. The Labute approximate surface area is 314 Å². The van der Waals surface area contributed by atoms with E-state index in [4.69, 9.17) is 21.1 Å². The predicted octanol–water partition coefficient (Wildman–Crippen LogP) is 6.04. The highest BCUT2D eigenvalue weighted by Gasteiger charge is 2.55. The van der Waals surface area contributed by atoms with Crippen LogP contribution >= 0.6 is 11.6 Å². The number of nitrogens with one attached hydrogen (secondary N) is 1. The topological polar surface area (TPSA) is 108 Å². The van der Waals surface area contributed by atoms with Crippen molar-refractivity contribution < 1.29 is 27.8 Å². The third kappa shape index (κ3) is 7.21. The summed E-state index contributed by atoms with van der Waals surface area (Å²) in [5.74, 6) is 6.41. The maximum atomic E-state index is 13.6. The highest BCUT2D eigenvalue weighted by atomic mass is 35.5. The first-order valence-electron chi connectivity index (χ1n) is 19.2. The van der Waals surface area contributed by atoms with Crippen LogP contribution in [0.3, 0.4) is 0 Å². The molecule has 3 aliphatic carbocycles. The number of benzene rings is 1. The second-order valence-electron chi connectivity index (χ2n) is 16.4. The molecule has 1 spiro atoms. The van der Waals surface area contributed by atoms with Crippen LogP contribution in [0.2, 0.25) is 0 Å². The molecule has 1 amide bonds. The molecule has 1 aromatic carbocycles. The Morgan fingerprint density at radius 1 is 1.17 bits per heavy atom. The first-order valence-corrected chi connectivity index (χ1v) is 21.1. The monoisotopic (exact) mass is 751 g/mol. The van der Waals surface area contributed by atoms with E-state index in [1.807, 2.05) is 25.1 Å². The van der Waals surface area contributed by atoms with E-state index in [1.165, 1.54) is 5.57 Å². The largest absolute Gasteiger partial charge is 0.491 e. The Kier molecular flexibility index (Phi) is 10.7. The van der Waals surface area contributed by atoms with E-state index in [0.717, 1.165) is 82.1 Å². The molecular formula is C41H54ClN3O6S. The predicted molar refractivity (Wildman–Crippen MR) is 205 cm³/mol. The minimum atomic E-state index is -4.00. The molecule has 3 aliphatic heterocycles. The summed E-state index contributed by atoms with van der Waals surface area (Å²) in [5, 5.41) is 12.4. The van der Waals surface area contributed by atoms with Gasteiger partial charge in [0.25, 0.3) is 5.91 Å². The number of aliphatic hydroxyl groups is 1. The van der Waals surface area contributed by atoms with Crippen LogP contribution in [-0.2, 0) is 14.8 Å². The summed E-state index contributed by atoms with van der Waals surface area (Å²) < 4.78 is 41.6. The van der Waals surface area contributed by atoms with Crippen molar-refractivity contribution in [3.63, 3.8) is 0 Å². The van der Waals surface area contributed by atoms with Gasteiger partial charge in [-0.05, 0) is 94.1 Å². The number of allylic oxidation sites excluding steroid dienone is 5. The van der Waals surface area contributed by atoms with Crippen molar-refractivity contribution in [2.45, 2.75) is 83.0 Å². The van der Waals surface area contributed by atoms with E-state index in [2.05, 4.69) is 45.4 Å². The average molecular weight is 752 g/mol. The zero-order valence-corrected chi connectivity index (χ0v) is 32.4. The molecule has 7 rings (SSSR count). The Morgan fingerprint density at radius 3 is 2.75 bits per heavy atom. The van der Waals surface area contributed by atoms with Crippen LogP contribution in [0.25, 0.3) is 0 Å². The fraction of sp³-hybridized carbons (Fsp3) is 0.634. The molecule has 3 fully saturated rings. The first-order chi connectivity index (χ1) is 24.8. The maximum Gasteiger partial charge on any atom is 0.264 e. The summed E-state index contributed by atoms with van der Waals surface area (Å²) in [6.07, 6.45) is 14.7. The van der Waals surface area contributed by atoms with Crippen LogP contribution in [-0.4, -0.2) is 87.7 Å². The number of rotatable bonds is 2. The lowest BCUT2D eigenvalue weighted by Crippen LogP contribution is -2.56. The Balaban J connectivity index is 1.26. The van der Waals surface area contributed by atoms with E-state index >= 15 is 0 Å². The molecule has 0 aromatic heterocycles. The lowest BCUT2D eigenvalue weighted by molar-refractivity contribution is -0.00930. The molecular weight excluding hydrogens is 698 g/mol. The molecule has 2 N–H and O–H groups in total. The number of hydrogen-bond donors (Lipinski definition) is 2. The lowest BCUT2D eigenvalue weighted by Gasteiger charge is -2.55. The average Bonchev–Trinajstić information content (AvgIpc) is 3.26. The van der Waals surface area contributed by atoms with Gasteiger partial charge in [0.15, 0.2) is 0 Å². The van der Waals surface area contributed by atoms with E-state index in [1.54, 1.807) is 19.1 Å². The molecule has 3 heterocycles. The maximum absolute atomic E-state index is 13.6. The molecule has 1 aromatic rings. The molecule has 1 unspecified atom stereocenters. The van der Waals surface area contributed by atoms with Crippen LogP contribution in [0.15, 0.2) is 53.1 Å². The molecule has 2 bridgehead atoms. The van der Waals surface area contributed by atoms with Gasteiger partial charge >= 0.3 is 0 Å². The highest BCUT2D eigenvalue weighted by Crippen LogP contribution is 2.60. The van der Waals surface area contributed by atoms with E-state index in [9.17, 15) is 18.3 Å². The molecule has 2 saturated carbocycles. The summed E-state index contributed by atoms with van der Waals surface area (Å²) in [4.78, 5) is 18.3. The van der Waals surface area contributed by atoms with Crippen molar-refractivity contribution in [1.29, 1.82) is 0 Å². The fourth-order valence-corrected chi connectivity index (χ4v) is 10.9. The number of hydrogen-bond acceptors (Lipinski definition) is 8. The number of anilines is 1. The second-order valence-corrected chi connectivity index (χ2v) is 18.8. The van der Waals surface area contributed by atoms with Gasteiger partial charge in [-0.1, -0.05) is 55.0 Å². The molecule has 52 heavy (non-hydrogen) atoms. The van der Waals surface area contributed by atoms with Crippen molar-refractivity contribution in [2.75, 3.05) is 57.4 Å². The molecule has 1 saturated heterocycles. The number of halogens is 1. The van der Waals surface area contributed by atoms with Gasteiger partial charge in [-0.3, -0.25) is 9.69 Å². The van der Waals surface area contributed by atoms with Crippen LogP contribution in [0.1, 0.15) is 82.5 Å². The number of ether oxygens (including phenoxy) is 2. The Bertz CT molecular complexity index is 1810. The summed E-state index contributed by atoms with van der Waals surface area (Å²) in [5.41, 5.74) is 0.643. The van der Waals surface area contributed by atoms with Crippen molar-refractivity contribution in [1.82, 2.24) is 9.62 Å². The normalized spacial score (nSPS) is 36.9. The minimum absolute atomic E-state index is 0.104. The smallest absolute Gasteiger partial charge is 0.264 e. The molecule has 9 nitrogen and oxygen atoms in total.